The SMILES string of the molecule is [C-]#[N+]C=C(c1ccccc1)c1ccc2nc(N)c(-c3ccccc3)n2c1. The van der Waals surface area contributed by atoms with Crippen LogP contribution in [0.5, 0.6) is 0 Å². The van der Waals surface area contributed by atoms with E-state index in [0.717, 1.165) is 33.6 Å². The van der Waals surface area contributed by atoms with E-state index >= 15 is 0 Å². The molecule has 0 fully saturated rings. The molecule has 0 radical (unpaired) electrons. The van der Waals surface area contributed by atoms with E-state index in [1.165, 1.54) is 0 Å². The first-order valence-corrected chi connectivity index (χ1v) is 8.23. The highest BCUT2D eigenvalue weighted by Gasteiger charge is 2.13. The Morgan fingerprint density at radius 2 is 1.62 bits per heavy atom. The summed E-state index contributed by atoms with van der Waals surface area (Å²) in [5.41, 5.74) is 11.6. The Morgan fingerprint density at radius 3 is 2.31 bits per heavy atom. The average Bonchev–Trinajstić information content (AvgIpc) is 3.02. The second-order valence-corrected chi connectivity index (χ2v) is 5.90. The summed E-state index contributed by atoms with van der Waals surface area (Å²) < 4.78 is 1.99. The first-order valence-electron chi connectivity index (χ1n) is 8.23. The maximum Gasteiger partial charge on any atom is 0.162 e. The molecule has 4 rings (SSSR count). The lowest BCUT2D eigenvalue weighted by molar-refractivity contribution is 1.18. The first-order chi connectivity index (χ1) is 12.8. The fourth-order valence-electron chi connectivity index (χ4n) is 3.10. The molecule has 0 aliphatic heterocycles. The molecule has 2 aromatic carbocycles. The molecule has 0 bridgehead atoms. The number of hydrogen-bond acceptors (Lipinski definition) is 2. The third kappa shape index (κ3) is 2.72. The van der Waals surface area contributed by atoms with Crippen LogP contribution in [0.2, 0.25) is 0 Å². The molecule has 4 aromatic rings. The third-order valence-electron chi connectivity index (χ3n) is 4.28. The van der Waals surface area contributed by atoms with Crippen LogP contribution in [0.15, 0.2) is 85.2 Å². The Kier molecular flexibility index (Phi) is 3.97. The zero-order valence-electron chi connectivity index (χ0n) is 14.0. The van der Waals surface area contributed by atoms with Gasteiger partial charge in [0, 0.05) is 11.8 Å². The van der Waals surface area contributed by atoms with E-state index in [-0.39, 0.29) is 0 Å². The fourth-order valence-corrected chi connectivity index (χ4v) is 3.10. The molecule has 0 saturated heterocycles. The standard InChI is InChI=1S/C22H16N4/c1-24-14-19(16-8-4-2-5-9-16)18-12-13-20-25-22(23)21(26(20)15-18)17-10-6-3-7-11-17/h2-15H,23H2. The van der Waals surface area contributed by atoms with Crippen molar-refractivity contribution in [2.24, 2.45) is 0 Å². The molecule has 26 heavy (non-hydrogen) atoms. The quantitative estimate of drug-likeness (QED) is 0.541. The molecular weight excluding hydrogens is 320 g/mol. The molecular formula is C22H16N4. The summed E-state index contributed by atoms with van der Waals surface area (Å²) in [5.74, 6) is 0.490. The van der Waals surface area contributed by atoms with Crippen molar-refractivity contribution in [3.05, 3.63) is 108 Å². The fraction of sp³-hybridized carbons (Fsp3) is 0. The number of hydrogen-bond donors (Lipinski definition) is 1. The lowest BCUT2D eigenvalue weighted by Crippen LogP contribution is -1.95. The van der Waals surface area contributed by atoms with Crippen molar-refractivity contribution in [1.29, 1.82) is 0 Å². The normalized spacial score (nSPS) is 11.4. The van der Waals surface area contributed by atoms with Crippen LogP contribution in [0.3, 0.4) is 0 Å². The van der Waals surface area contributed by atoms with E-state index in [2.05, 4.69) is 9.83 Å². The van der Waals surface area contributed by atoms with Crippen LogP contribution in [0, 0.1) is 6.57 Å². The molecule has 0 spiro atoms. The number of imidazole rings is 1. The molecule has 0 aliphatic rings. The van der Waals surface area contributed by atoms with Crippen LogP contribution in [0.1, 0.15) is 11.1 Å². The van der Waals surface area contributed by atoms with Gasteiger partial charge in [0.15, 0.2) is 12.0 Å². The number of pyridine rings is 1. The number of rotatable bonds is 3. The second kappa shape index (κ2) is 6.58. The van der Waals surface area contributed by atoms with Crippen LogP contribution in [-0.4, -0.2) is 9.38 Å². The van der Waals surface area contributed by atoms with Gasteiger partial charge in [-0.05, 0) is 22.8 Å². The van der Waals surface area contributed by atoms with E-state index in [1.807, 2.05) is 83.4 Å². The van der Waals surface area contributed by atoms with E-state index in [9.17, 15) is 0 Å². The largest absolute Gasteiger partial charge is 0.382 e. The van der Waals surface area contributed by atoms with Crippen molar-refractivity contribution in [1.82, 2.24) is 9.38 Å². The third-order valence-corrected chi connectivity index (χ3v) is 4.28. The highest BCUT2D eigenvalue weighted by Crippen LogP contribution is 2.30. The van der Waals surface area contributed by atoms with Crippen LogP contribution in [-0.2, 0) is 0 Å². The summed E-state index contributed by atoms with van der Waals surface area (Å²) in [6.07, 6.45) is 3.55. The van der Waals surface area contributed by atoms with Crippen LogP contribution >= 0.6 is 0 Å². The molecule has 0 saturated carbocycles. The van der Waals surface area contributed by atoms with Gasteiger partial charge in [0.1, 0.15) is 5.65 Å². The smallest absolute Gasteiger partial charge is 0.162 e. The molecule has 2 aromatic heterocycles. The van der Waals surface area contributed by atoms with Gasteiger partial charge >= 0.3 is 0 Å². The van der Waals surface area contributed by atoms with Crippen LogP contribution in [0.4, 0.5) is 5.82 Å². The topological polar surface area (TPSA) is 47.7 Å². The number of benzene rings is 2. The van der Waals surface area contributed by atoms with Gasteiger partial charge < -0.3 is 5.73 Å². The predicted molar refractivity (Wildman–Crippen MR) is 105 cm³/mol. The van der Waals surface area contributed by atoms with E-state index in [1.54, 1.807) is 6.20 Å². The predicted octanol–water partition coefficient (Wildman–Crippen LogP) is 4.89. The Morgan fingerprint density at radius 1 is 0.923 bits per heavy atom. The van der Waals surface area contributed by atoms with Gasteiger partial charge in [0.25, 0.3) is 0 Å². The monoisotopic (exact) mass is 336 g/mol. The summed E-state index contributed by atoms with van der Waals surface area (Å²) in [7, 11) is 0. The van der Waals surface area contributed by atoms with Crippen molar-refractivity contribution < 1.29 is 0 Å². The molecule has 2 N–H and O–H groups in total. The molecule has 4 nitrogen and oxygen atoms in total. The number of aromatic nitrogens is 2. The molecule has 0 unspecified atom stereocenters. The summed E-state index contributed by atoms with van der Waals surface area (Å²) >= 11 is 0. The Labute approximate surface area is 151 Å². The Bertz CT molecular complexity index is 1130. The highest BCUT2D eigenvalue weighted by molar-refractivity contribution is 5.82. The molecule has 124 valence electrons. The van der Waals surface area contributed by atoms with Gasteiger partial charge in [0.05, 0.1) is 12.3 Å². The first kappa shape index (κ1) is 15.7. The molecule has 0 atom stereocenters. The lowest BCUT2D eigenvalue weighted by Gasteiger charge is -2.10. The van der Waals surface area contributed by atoms with Gasteiger partial charge in [-0.1, -0.05) is 66.7 Å². The maximum atomic E-state index is 7.29. The summed E-state index contributed by atoms with van der Waals surface area (Å²) in [6.45, 7) is 7.29. The Hall–Kier alpha value is -3.84. The van der Waals surface area contributed by atoms with Gasteiger partial charge in [-0.3, -0.25) is 4.40 Å². The lowest BCUT2D eigenvalue weighted by atomic mass is 10.0. The summed E-state index contributed by atoms with van der Waals surface area (Å²) in [6, 6.07) is 23.8. The molecule has 0 aliphatic carbocycles. The second-order valence-electron chi connectivity index (χ2n) is 5.90. The number of nitrogen functional groups attached to an aromatic ring is 1. The molecule has 0 amide bonds. The van der Waals surface area contributed by atoms with Gasteiger partial charge in [-0.2, -0.15) is 0 Å². The van der Waals surface area contributed by atoms with Gasteiger partial charge in [0.2, 0.25) is 0 Å². The minimum absolute atomic E-state index is 0.490. The average molecular weight is 336 g/mol. The number of fused-ring (bicyclic) bond motifs is 1. The van der Waals surface area contributed by atoms with Crippen molar-refractivity contribution >= 4 is 17.0 Å². The number of nitrogens with zero attached hydrogens (tertiary/aromatic N) is 3. The molecule has 4 heteroatoms. The number of anilines is 1. The molecule has 2 heterocycles. The van der Waals surface area contributed by atoms with Gasteiger partial charge in [-0.15, -0.1) is 0 Å². The summed E-state index contributed by atoms with van der Waals surface area (Å²) in [5, 5.41) is 0. The van der Waals surface area contributed by atoms with Crippen LogP contribution in [0.25, 0.3) is 27.3 Å². The van der Waals surface area contributed by atoms with Gasteiger partial charge in [-0.25, -0.2) is 9.83 Å². The van der Waals surface area contributed by atoms with Crippen LogP contribution < -0.4 is 5.73 Å². The zero-order chi connectivity index (χ0) is 17.9. The van der Waals surface area contributed by atoms with E-state index in [0.29, 0.717) is 5.82 Å². The van der Waals surface area contributed by atoms with Crippen molar-refractivity contribution in [2.75, 3.05) is 5.73 Å². The van der Waals surface area contributed by atoms with E-state index < -0.39 is 0 Å². The van der Waals surface area contributed by atoms with Crippen molar-refractivity contribution in [3.63, 3.8) is 0 Å². The Balaban J connectivity index is 1.93. The summed E-state index contributed by atoms with van der Waals surface area (Å²) in [4.78, 5) is 7.96. The highest BCUT2D eigenvalue weighted by atomic mass is 15.1. The maximum absolute atomic E-state index is 7.29. The van der Waals surface area contributed by atoms with Crippen molar-refractivity contribution in [3.8, 4) is 11.3 Å². The van der Waals surface area contributed by atoms with E-state index in [4.69, 9.17) is 12.3 Å². The number of nitrogens with two attached hydrogens (primary N) is 1. The zero-order valence-corrected chi connectivity index (χ0v) is 14.0. The minimum Gasteiger partial charge on any atom is -0.382 e. The van der Waals surface area contributed by atoms with Crippen molar-refractivity contribution in [2.45, 2.75) is 0 Å². The minimum atomic E-state index is 0.490.